The molecule has 0 spiro atoms. The number of hydrogen-bond donors (Lipinski definition) is 1. The molecule has 0 saturated carbocycles. The molecule has 0 aliphatic rings. The van der Waals surface area contributed by atoms with E-state index in [9.17, 15) is 5.11 Å². The summed E-state index contributed by atoms with van der Waals surface area (Å²) in [5.74, 6) is 1.60. The summed E-state index contributed by atoms with van der Waals surface area (Å²) in [6.07, 6.45) is 3.58. The fourth-order valence-corrected chi connectivity index (χ4v) is 2.36. The van der Waals surface area contributed by atoms with Crippen molar-refractivity contribution in [2.24, 2.45) is 4.99 Å². The molecule has 0 amide bonds. The topological polar surface area (TPSA) is 77.1 Å². The zero-order valence-corrected chi connectivity index (χ0v) is 15.4. The van der Waals surface area contributed by atoms with Crippen LogP contribution in [0.5, 0.6) is 17.4 Å². The van der Waals surface area contributed by atoms with Gasteiger partial charge in [0.25, 0.3) is 0 Å². The van der Waals surface area contributed by atoms with Crippen LogP contribution in [-0.2, 0) is 0 Å². The number of methoxy groups -OCH3 is 1. The van der Waals surface area contributed by atoms with Crippen molar-refractivity contribution in [2.45, 2.75) is 19.8 Å². The Kier molecular flexibility index (Phi) is 6.10. The molecule has 3 aromatic rings. The molecule has 0 radical (unpaired) electrons. The monoisotopic (exact) mass is 366 g/mol. The van der Waals surface area contributed by atoms with E-state index in [4.69, 9.17) is 13.9 Å². The van der Waals surface area contributed by atoms with Gasteiger partial charge in [0.2, 0.25) is 5.89 Å². The van der Waals surface area contributed by atoms with Gasteiger partial charge in [-0.3, -0.25) is 4.99 Å². The lowest BCUT2D eigenvalue weighted by atomic mass is 10.2. The summed E-state index contributed by atoms with van der Waals surface area (Å²) >= 11 is 0. The Morgan fingerprint density at radius 2 is 1.78 bits per heavy atom. The molecular weight excluding hydrogens is 344 g/mol. The van der Waals surface area contributed by atoms with Crippen LogP contribution in [0.2, 0.25) is 0 Å². The maximum atomic E-state index is 9.99. The van der Waals surface area contributed by atoms with E-state index in [1.54, 1.807) is 7.11 Å². The molecule has 27 heavy (non-hydrogen) atoms. The molecule has 0 aliphatic carbocycles. The van der Waals surface area contributed by atoms with Crippen molar-refractivity contribution in [3.63, 3.8) is 0 Å². The van der Waals surface area contributed by atoms with Crippen LogP contribution >= 0.6 is 0 Å². The van der Waals surface area contributed by atoms with E-state index in [1.807, 2.05) is 48.5 Å². The maximum absolute atomic E-state index is 9.99. The van der Waals surface area contributed by atoms with Crippen molar-refractivity contribution in [3.8, 4) is 28.9 Å². The van der Waals surface area contributed by atoms with Gasteiger partial charge in [0.1, 0.15) is 11.5 Å². The number of hydrogen-bond acceptors (Lipinski definition) is 6. The molecule has 1 N–H and O–H groups in total. The highest BCUT2D eigenvalue weighted by molar-refractivity contribution is 5.82. The largest absolute Gasteiger partial charge is 0.497 e. The number of aromatic nitrogens is 1. The summed E-state index contributed by atoms with van der Waals surface area (Å²) in [5, 5.41) is 9.99. The van der Waals surface area contributed by atoms with Crippen LogP contribution in [0.25, 0.3) is 11.5 Å². The Morgan fingerprint density at radius 3 is 2.44 bits per heavy atom. The zero-order chi connectivity index (χ0) is 19.1. The van der Waals surface area contributed by atoms with Gasteiger partial charge in [-0.05, 0) is 55.0 Å². The molecule has 0 fully saturated rings. The van der Waals surface area contributed by atoms with Crippen molar-refractivity contribution in [1.29, 1.82) is 0 Å². The first-order valence-electron chi connectivity index (χ1n) is 8.80. The Hall–Kier alpha value is -3.28. The molecule has 0 saturated heterocycles. The summed E-state index contributed by atoms with van der Waals surface area (Å²) < 4.78 is 16.1. The predicted octanol–water partition coefficient (Wildman–Crippen LogP) is 4.99. The van der Waals surface area contributed by atoms with Crippen molar-refractivity contribution in [2.75, 3.05) is 13.7 Å². The van der Waals surface area contributed by atoms with Gasteiger partial charge in [-0.2, -0.15) is 0 Å². The van der Waals surface area contributed by atoms with E-state index in [1.165, 1.54) is 6.21 Å². The van der Waals surface area contributed by atoms with Crippen LogP contribution < -0.4 is 9.47 Å². The first kappa shape index (κ1) is 18.5. The lowest BCUT2D eigenvalue weighted by Gasteiger charge is -2.05. The quantitative estimate of drug-likeness (QED) is 0.449. The molecule has 6 heteroatoms. The van der Waals surface area contributed by atoms with Crippen molar-refractivity contribution in [3.05, 3.63) is 54.2 Å². The number of ether oxygens (including phenoxy) is 2. The standard InChI is InChI=1S/C21H22N2O4/c1-3-4-13-26-18-9-5-15(6-10-18)20-23-19(21(24)27-20)14-22-16-7-11-17(25-2)12-8-16/h5-12,14,24H,3-4,13H2,1-2H3. The molecule has 2 aromatic carbocycles. The van der Waals surface area contributed by atoms with Crippen LogP contribution in [-0.4, -0.2) is 30.0 Å². The van der Waals surface area contributed by atoms with Gasteiger partial charge < -0.3 is 19.0 Å². The molecule has 0 unspecified atom stereocenters. The van der Waals surface area contributed by atoms with Crippen LogP contribution in [0.15, 0.2) is 57.9 Å². The van der Waals surface area contributed by atoms with E-state index >= 15 is 0 Å². The summed E-state index contributed by atoms with van der Waals surface area (Å²) in [6.45, 7) is 2.82. The number of aromatic hydroxyl groups is 1. The van der Waals surface area contributed by atoms with Crippen molar-refractivity contribution < 1.29 is 19.0 Å². The highest BCUT2D eigenvalue weighted by Crippen LogP contribution is 2.27. The molecule has 0 aliphatic heterocycles. The van der Waals surface area contributed by atoms with Gasteiger partial charge in [0.15, 0.2) is 5.69 Å². The lowest BCUT2D eigenvalue weighted by molar-refractivity contribution is 0.309. The first-order valence-corrected chi connectivity index (χ1v) is 8.80. The Balaban J connectivity index is 1.70. The zero-order valence-electron chi connectivity index (χ0n) is 15.4. The fourth-order valence-electron chi connectivity index (χ4n) is 2.36. The number of nitrogens with zero attached hydrogens (tertiary/aromatic N) is 2. The van der Waals surface area contributed by atoms with Gasteiger partial charge in [-0.25, -0.2) is 4.98 Å². The third-order valence-corrected chi connectivity index (χ3v) is 3.91. The predicted molar refractivity (Wildman–Crippen MR) is 104 cm³/mol. The summed E-state index contributed by atoms with van der Waals surface area (Å²) in [5.41, 5.74) is 1.73. The second kappa shape index (κ2) is 8.89. The number of oxazole rings is 1. The van der Waals surface area contributed by atoms with Crippen LogP contribution in [0, 0.1) is 0 Å². The van der Waals surface area contributed by atoms with E-state index < -0.39 is 0 Å². The van der Waals surface area contributed by atoms with Crippen LogP contribution in [0.4, 0.5) is 5.69 Å². The van der Waals surface area contributed by atoms with Gasteiger partial charge in [-0.15, -0.1) is 0 Å². The highest BCUT2D eigenvalue weighted by atomic mass is 16.5. The Bertz CT molecular complexity index is 884. The average molecular weight is 366 g/mol. The van der Waals surface area contributed by atoms with E-state index in [0.717, 1.165) is 29.9 Å². The van der Waals surface area contributed by atoms with E-state index in [-0.39, 0.29) is 11.6 Å². The van der Waals surface area contributed by atoms with Gasteiger partial charge in [0.05, 0.1) is 25.6 Å². The van der Waals surface area contributed by atoms with Crippen LogP contribution in [0.3, 0.4) is 0 Å². The highest BCUT2D eigenvalue weighted by Gasteiger charge is 2.12. The minimum atomic E-state index is -0.273. The second-order valence-electron chi connectivity index (χ2n) is 5.89. The smallest absolute Gasteiger partial charge is 0.312 e. The van der Waals surface area contributed by atoms with Crippen LogP contribution in [0.1, 0.15) is 25.5 Å². The molecule has 1 aromatic heterocycles. The number of unbranched alkanes of at least 4 members (excludes halogenated alkanes) is 1. The molecule has 0 bridgehead atoms. The molecular formula is C21H22N2O4. The van der Waals surface area contributed by atoms with Crippen molar-refractivity contribution >= 4 is 11.9 Å². The van der Waals surface area contributed by atoms with Gasteiger partial charge >= 0.3 is 5.95 Å². The van der Waals surface area contributed by atoms with Gasteiger partial charge in [0, 0.05) is 5.56 Å². The number of benzene rings is 2. The van der Waals surface area contributed by atoms with E-state index in [2.05, 4.69) is 16.9 Å². The fraction of sp³-hybridized carbons (Fsp3) is 0.238. The SMILES string of the molecule is CCCCOc1ccc(-c2nc(C=Nc3ccc(OC)cc3)c(O)o2)cc1. The first-order chi connectivity index (χ1) is 13.2. The van der Waals surface area contributed by atoms with Gasteiger partial charge in [-0.1, -0.05) is 13.3 Å². The normalized spacial score (nSPS) is 11.0. The summed E-state index contributed by atoms with van der Waals surface area (Å²) in [7, 11) is 1.61. The molecule has 140 valence electrons. The second-order valence-corrected chi connectivity index (χ2v) is 5.89. The minimum Gasteiger partial charge on any atom is -0.497 e. The molecule has 0 atom stereocenters. The molecule has 1 heterocycles. The average Bonchev–Trinajstić information content (AvgIpc) is 3.08. The maximum Gasteiger partial charge on any atom is 0.312 e. The van der Waals surface area contributed by atoms with Crippen molar-refractivity contribution in [1.82, 2.24) is 4.98 Å². The molecule has 6 nitrogen and oxygen atoms in total. The summed E-state index contributed by atoms with van der Waals surface area (Å²) in [4.78, 5) is 8.60. The Labute approximate surface area is 158 Å². The van der Waals surface area contributed by atoms with E-state index in [0.29, 0.717) is 18.2 Å². The minimum absolute atomic E-state index is 0.268. The molecule has 3 rings (SSSR count). The summed E-state index contributed by atoms with van der Waals surface area (Å²) in [6, 6.07) is 14.6. The third kappa shape index (κ3) is 4.88. The Morgan fingerprint density at radius 1 is 1.07 bits per heavy atom. The third-order valence-electron chi connectivity index (χ3n) is 3.91. The number of aliphatic imine (C=N–C) groups is 1. The number of rotatable bonds is 8. The lowest BCUT2D eigenvalue weighted by Crippen LogP contribution is -1.95.